The van der Waals surface area contributed by atoms with E-state index in [1.807, 2.05) is 17.5 Å². The molecule has 2 N–H and O–H groups in total. The molecule has 1 aliphatic rings. The molecule has 3 aromatic rings. The maximum Gasteiger partial charge on any atom is 0.326 e. The van der Waals surface area contributed by atoms with E-state index in [-0.39, 0.29) is 11.9 Å². The van der Waals surface area contributed by atoms with Crippen molar-refractivity contribution in [2.45, 2.75) is 42.3 Å². The minimum atomic E-state index is -1.03. The van der Waals surface area contributed by atoms with Crippen LogP contribution < -0.4 is 5.32 Å². The van der Waals surface area contributed by atoms with Crippen molar-refractivity contribution < 1.29 is 19.1 Å². The van der Waals surface area contributed by atoms with E-state index in [0.717, 1.165) is 29.5 Å². The van der Waals surface area contributed by atoms with Gasteiger partial charge in [0.05, 0.1) is 4.88 Å². The predicted octanol–water partition coefficient (Wildman–Crippen LogP) is 3.90. The van der Waals surface area contributed by atoms with E-state index in [1.54, 1.807) is 19.1 Å². The van der Waals surface area contributed by atoms with E-state index in [9.17, 15) is 19.1 Å². The first-order valence-electron chi connectivity index (χ1n) is 9.38. The van der Waals surface area contributed by atoms with Crippen LogP contribution in [0.5, 0.6) is 0 Å². The number of hydrogen-bond acceptors (Lipinski definition) is 6. The number of hydrogen-bond donors (Lipinski definition) is 2. The SMILES string of the molecule is C[C@H](C(=O)O)n1c(S[C@@H](C(=O)NC2CC2)c2ccc(F)cc2)nnc1-c1cccs1. The first-order valence-corrected chi connectivity index (χ1v) is 11.1. The Hall–Kier alpha value is -2.72. The molecule has 0 aliphatic heterocycles. The monoisotopic (exact) mass is 446 g/mol. The number of nitrogens with one attached hydrogen (secondary N) is 1. The quantitative estimate of drug-likeness (QED) is 0.510. The highest BCUT2D eigenvalue weighted by atomic mass is 32.2. The van der Waals surface area contributed by atoms with Crippen LogP contribution in [-0.2, 0) is 9.59 Å². The molecule has 30 heavy (non-hydrogen) atoms. The van der Waals surface area contributed by atoms with Crippen molar-refractivity contribution in [2.24, 2.45) is 0 Å². The first kappa shape index (κ1) is 20.5. The van der Waals surface area contributed by atoms with E-state index in [0.29, 0.717) is 16.5 Å². The maximum absolute atomic E-state index is 13.4. The second-order valence-electron chi connectivity index (χ2n) is 7.00. The van der Waals surface area contributed by atoms with Crippen LogP contribution >= 0.6 is 23.1 Å². The lowest BCUT2D eigenvalue weighted by Crippen LogP contribution is -2.30. The molecule has 2 atom stereocenters. The summed E-state index contributed by atoms with van der Waals surface area (Å²) in [5.74, 6) is -1.21. The number of carboxylic acids is 1. The molecule has 0 bridgehead atoms. The molecule has 1 fully saturated rings. The normalized spacial score (nSPS) is 15.5. The van der Waals surface area contributed by atoms with Crippen LogP contribution in [0, 0.1) is 5.82 Å². The van der Waals surface area contributed by atoms with Crippen LogP contribution in [0.15, 0.2) is 46.9 Å². The van der Waals surface area contributed by atoms with Gasteiger partial charge in [-0.2, -0.15) is 0 Å². The summed E-state index contributed by atoms with van der Waals surface area (Å²) < 4.78 is 14.9. The fourth-order valence-corrected chi connectivity index (χ4v) is 4.74. The maximum atomic E-state index is 13.4. The molecule has 1 amide bonds. The Morgan fingerprint density at radius 2 is 2.00 bits per heavy atom. The fraction of sp³-hybridized carbons (Fsp3) is 0.300. The van der Waals surface area contributed by atoms with Gasteiger partial charge in [-0.05, 0) is 48.9 Å². The molecule has 0 radical (unpaired) electrons. The Morgan fingerprint density at radius 1 is 1.27 bits per heavy atom. The largest absolute Gasteiger partial charge is 0.480 e. The number of carbonyl (C=O) groups excluding carboxylic acids is 1. The summed E-state index contributed by atoms with van der Waals surface area (Å²) in [4.78, 5) is 25.5. The number of aliphatic carboxylic acids is 1. The summed E-state index contributed by atoms with van der Waals surface area (Å²) in [5.41, 5.74) is 0.606. The number of rotatable bonds is 8. The number of carbonyl (C=O) groups is 2. The van der Waals surface area contributed by atoms with Crippen molar-refractivity contribution >= 4 is 35.0 Å². The van der Waals surface area contributed by atoms with Crippen molar-refractivity contribution in [1.82, 2.24) is 20.1 Å². The summed E-state index contributed by atoms with van der Waals surface area (Å²) in [6.45, 7) is 1.55. The zero-order valence-electron chi connectivity index (χ0n) is 16.0. The smallest absolute Gasteiger partial charge is 0.326 e. The zero-order chi connectivity index (χ0) is 21.3. The second kappa shape index (κ2) is 8.57. The zero-order valence-corrected chi connectivity index (χ0v) is 17.6. The van der Waals surface area contributed by atoms with Crippen molar-refractivity contribution in [3.05, 3.63) is 53.2 Å². The minimum Gasteiger partial charge on any atom is -0.480 e. The lowest BCUT2D eigenvalue weighted by molar-refractivity contribution is -0.140. The highest BCUT2D eigenvalue weighted by Gasteiger charge is 2.32. The van der Waals surface area contributed by atoms with E-state index in [1.165, 1.54) is 28.0 Å². The third-order valence-electron chi connectivity index (χ3n) is 4.71. The third kappa shape index (κ3) is 4.39. The number of thioether (sulfide) groups is 1. The molecule has 7 nitrogen and oxygen atoms in total. The molecule has 1 saturated carbocycles. The van der Waals surface area contributed by atoms with Crippen LogP contribution in [0.3, 0.4) is 0 Å². The van der Waals surface area contributed by atoms with Crippen LogP contribution in [-0.4, -0.2) is 37.8 Å². The summed E-state index contributed by atoms with van der Waals surface area (Å²) in [7, 11) is 0. The molecule has 1 aliphatic carbocycles. The number of carboxylic acid groups (broad SMARTS) is 1. The number of aromatic nitrogens is 3. The van der Waals surface area contributed by atoms with Crippen LogP contribution in [0.1, 0.15) is 36.6 Å². The Labute approximate surface area is 180 Å². The first-order chi connectivity index (χ1) is 14.4. The molecule has 4 rings (SSSR count). The van der Waals surface area contributed by atoms with Gasteiger partial charge in [0, 0.05) is 6.04 Å². The van der Waals surface area contributed by atoms with Gasteiger partial charge in [-0.25, -0.2) is 9.18 Å². The van der Waals surface area contributed by atoms with E-state index in [4.69, 9.17) is 0 Å². The molecule has 2 aromatic heterocycles. The second-order valence-corrected chi connectivity index (χ2v) is 9.02. The van der Waals surface area contributed by atoms with E-state index in [2.05, 4.69) is 15.5 Å². The number of amides is 1. The minimum absolute atomic E-state index is 0.151. The van der Waals surface area contributed by atoms with Gasteiger partial charge in [0.2, 0.25) is 5.91 Å². The summed E-state index contributed by atoms with van der Waals surface area (Å²) in [6.07, 6.45) is 1.86. The van der Waals surface area contributed by atoms with Gasteiger partial charge in [0.25, 0.3) is 0 Å². The fourth-order valence-electron chi connectivity index (χ4n) is 2.91. The van der Waals surface area contributed by atoms with Crippen molar-refractivity contribution in [1.29, 1.82) is 0 Å². The standard InChI is InChI=1S/C20H19FN4O3S2/c1-11(19(27)28)25-17(15-3-2-10-29-15)23-24-20(25)30-16(18(26)22-14-8-9-14)12-4-6-13(21)7-5-12/h2-7,10-11,14,16H,8-9H2,1H3,(H,22,26)(H,27,28)/t11-,16-/m1/s1. The van der Waals surface area contributed by atoms with Crippen LogP contribution in [0.25, 0.3) is 10.7 Å². The Bertz CT molecular complexity index is 1050. The van der Waals surface area contributed by atoms with Gasteiger partial charge in [-0.1, -0.05) is 30.0 Å². The lowest BCUT2D eigenvalue weighted by atomic mass is 10.1. The number of benzene rings is 1. The van der Waals surface area contributed by atoms with Crippen molar-refractivity contribution in [3.63, 3.8) is 0 Å². The van der Waals surface area contributed by atoms with Gasteiger partial charge in [0.15, 0.2) is 11.0 Å². The Balaban J connectivity index is 1.72. The van der Waals surface area contributed by atoms with Crippen molar-refractivity contribution in [2.75, 3.05) is 0 Å². The number of thiophene rings is 1. The molecule has 0 saturated heterocycles. The molecular formula is C20H19FN4O3S2. The summed E-state index contributed by atoms with van der Waals surface area (Å²) >= 11 is 2.54. The number of nitrogens with zero attached hydrogens (tertiary/aromatic N) is 3. The van der Waals surface area contributed by atoms with Crippen LogP contribution in [0.4, 0.5) is 4.39 Å². The highest BCUT2D eigenvalue weighted by molar-refractivity contribution is 8.00. The highest BCUT2D eigenvalue weighted by Crippen LogP contribution is 2.39. The topological polar surface area (TPSA) is 97.1 Å². The average Bonchev–Trinajstić information content (AvgIpc) is 3.20. The predicted molar refractivity (Wildman–Crippen MR) is 112 cm³/mol. The number of halogens is 1. The molecule has 1 aromatic carbocycles. The molecule has 0 spiro atoms. The van der Waals surface area contributed by atoms with E-state index >= 15 is 0 Å². The van der Waals surface area contributed by atoms with Crippen molar-refractivity contribution in [3.8, 4) is 10.7 Å². The van der Waals surface area contributed by atoms with E-state index < -0.39 is 23.1 Å². The Morgan fingerprint density at radius 3 is 2.60 bits per heavy atom. The summed E-state index contributed by atoms with van der Waals surface area (Å²) in [5, 5.41) is 22.5. The van der Waals surface area contributed by atoms with Gasteiger partial charge < -0.3 is 10.4 Å². The molecule has 0 unspecified atom stereocenters. The lowest BCUT2D eigenvalue weighted by Gasteiger charge is -2.19. The molecular weight excluding hydrogens is 427 g/mol. The molecule has 2 heterocycles. The van der Waals surface area contributed by atoms with Gasteiger partial charge in [-0.3, -0.25) is 9.36 Å². The van der Waals surface area contributed by atoms with Gasteiger partial charge in [0.1, 0.15) is 17.1 Å². The third-order valence-corrected chi connectivity index (χ3v) is 6.79. The summed E-state index contributed by atoms with van der Waals surface area (Å²) in [6, 6.07) is 8.62. The molecule has 10 heteroatoms. The van der Waals surface area contributed by atoms with Gasteiger partial charge >= 0.3 is 5.97 Å². The van der Waals surface area contributed by atoms with Gasteiger partial charge in [-0.15, -0.1) is 21.5 Å². The molecule has 156 valence electrons. The van der Waals surface area contributed by atoms with Crippen LogP contribution in [0.2, 0.25) is 0 Å². The average molecular weight is 447 g/mol. The Kier molecular flexibility index (Phi) is 5.87.